The highest BCUT2D eigenvalue weighted by Gasteiger charge is 2.25. The fourth-order valence-corrected chi connectivity index (χ4v) is 1.76. The number of piperazine rings is 1. The van der Waals surface area contributed by atoms with E-state index in [1.165, 1.54) is 0 Å². The Morgan fingerprint density at radius 3 is 2.25 bits per heavy atom. The first kappa shape index (κ1) is 12.7. The molecule has 16 heavy (non-hydrogen) atoms. The lowest BCUT2D eigenvalue weighted by Gasteiger charge is -2.35. The largest absolute Gasteiger partial charge is 0.339 e. The number of carbonyl (C=O) groups is 2. The van der Waals surface area contributed by atoms with Gasteiger partial charge in [0.05, 0.1) is 6.04 Å². The van der Waals surface area contributed by atoms with Crippen molar-refractivity contribution < 1.29 is 9.59 Å². The molecule has 0 aliphatic carbocycles. The first-order chi connectivity index (χ1) is 7.56. The molecule has 5 heteroatoms. The average Bonchev–Trinajstić information content (AvgIpc) is 2.28. The third kappa shape index (κ3) is 3.06. The zero-order chi connectivity index (χ0) is 12.1. The molecule has 0 aromatic rings. The van der Waals surface area contributed by atoms with Crippen LogP contribution in [0.25, 0.3) is 0 Å². The lowest BCUT2D eigenvalue weighted by molar-refractivity contribution is -0.139. The molecule has 2 amide bonds. The molecule has 0 aromatic carbocycles. The Bertz CT molecular complexity index is 283. The van der Waals surface area contributed by atoms with Gasteiger partial charge in [0.1, 0.15) is 0 Å². The van der Waals surface area contributed by atoms with Crippen molar-refractivity contribution in [2.24, 2.45) is 5.73 Å². The van der Waals surface area contributed by atoms with Crippen molar-refractivity contribution in [2.45, 2.75) is 19.4 Å². The normalized spacial score (nSPS) is 18.1. The van der Waals surface area contributed by atoms with Gasteiger partial charge in [-0.2, -0.15) is 0 Å². The molecule has 1 saturated heterocycles. The third-order valence-electron chi connectivity index (χ3n) is 2.77. The molecule has 1 rings (SSSR count). The molecular formula is C11H19N3O2. The number of rotatable bonds is 3. The molecule has 1 atom stereocenters. The van der Waals surface area contributed by atoms with Crippen LogP contribution in [-0.4, -0.2) is 53.8 Å². The molecule has 0 saturated carbocycles. The Balaban J connectivity index is 2.44. The Labute approximate surface area is 95.9 Å². The maximum Gasteiger partial charge on any atom is 0.239 e. The number of hydrogen-bond acceptors (Lipinski definition) is 3. The van der Waals surface area contributed by atoms with Crippen LogP contribution < -0.4 is 5.73 Å². The Morgan fingerprint density at radius 1 is 1.31 bits per heavy atom. The summed E-state index contributed by atoms with van der Waals surface area (Å²) in [5.41, 5.74) is 5.71. The van der Waals surface area contributed by atoms with Gasteiger partial charge in [0.2, 0.25) is 11.8 Å². The molecule has 1 aliphatic heterocycles. The molecule has 0 spiro atoms. The summed E-state index contributed by atoms with van der Waals surface area (Å²) < 4.78 is 0. The van der Waals surface area contributed by atoms with E-state index in [0.717, 1.165) is 0 Å². The van der Waals surface area contributed by atoms with Gasteiger partial charge in [-0.25, -0.2) is 0 Å². The molecule has 1 heterocycles. The minimum atomic E-state index is -0.499. The first-order valence-electron chi connectivity index (χ1n) is 5.47. The van der Waals surface area contributed by atoms with Gasteiger partial charge in [0.25, 0.3) is 0 Å². The van der Waals surface area contributed by atoms with Crippen LogP contribution in [0.3, 0.4) is 0 Å². The quantitative estimate of drug-likeness (QED) is 0.663. The Morgan fingerprint density at radius 2 is 1.81 bits per heavy atom. The second-order valence-electron chi connectivity index (χ2n) is 3.96. The van der Waals surface area contributed by atoms with Crippen LogP contribution in [-0.2, 0) is 9.59 Å². The van der Waals surface area contributed by atoms with E-state index < -0.39 is 6.04 Å². The fourth-order valence-electron chi connectivity index (χ4n) is 1.76. The molecule has 0 radical (unpaired) electrons. The highest BCUT2D eigenvalue weighted by molar-refractivity contribution is 5.82. The molecule has 2 N–H and O–H groups in total. The van der Waals surface area contributed by atoms with E-state index in [1.807, 2.05) is 0 Å². The first-order valence-corrected chi connectivity index (χ1v) is 5.47. The van der Waals surface area contributed by atoms with Crippen molar-refractivity contribution in [1.29, 1.82) is 0 Å². The van der Waals surface area contributed by atoms with Gasteiger partial charge >= 0.3 is 0 Å². The zero-order valence-corrected chi connectivity index (χ0v) is 9.69. The summed E-state index contributed by atoms with van der Waals surface area (Å²) >= 11 is 0. The second-order valence-corrected chi connectivity index (χ2v) is 3.96. The Hall–Kier alpha value is -1.36. The summed E-state index contributed by atoms with van der Waals surface area (Å²) in [5.74, 6) is 0.00518. The summed E-state index contributed by atoms with van der Waals surface area (Å²) in [5, 5.41) is 0. The smallest absolute Gasteiger partial charge is 0.239 e. The van der Waals surface area contributed by atoms with Crippen molar-refractivity contribution in [2.75, 3.05) is 26.2 Å². The van der Waals surface area contributed by atoms with E-state index in [2.05, 4.69) is 6.58 Å². The lowest BCUT2D eigenvalue weighted by atomic mass is 10.1. The van der Waals surface area contributed by atoms with Crippen LogP contribution in [0, 0.1) is 0 Å². The van der Waals surface area contributed by atoms with Crippen molar-refractivity contribution in [3.8, 4) is 0 Å². The molecule has 90 valence electrons. The minimum absolute atomic E-state index is 0.0527. The maximum absolute atomic E-state index is 11.8. The SMILES string of the molecule is C=CCC(N)C(=O)N1CCN(C(C)=O)CC1. The topological polar surface area (TPSA) is 66.6 Å². The molecule has 0 aromatic heterocycles. The van der Waals surface area contributed by atoms with Crippen molar-refractivity contribution in [1.82, 2.24) is 9.80 Å². The standard InChI is InChI=1S/C11H19N3O2/c1-3-4-10(12)11(16)14-7-5-13(6-8-14)9(2)15/h3,10H,1,4-8,12H2,2H3. The minimum Gasteiger partial charge on any atom is -0.339 e. The maximum atomic E-state index is 11.8. The predicted molar refractivity (Wildman–Crippen MR) is 61.6 cm³/mol. The van der Waals surface area contributed by atoms with Crippen LogP contribution in [0.15, 0.2) is 12.7 Å². The van der Waals surface area contributed by atoms with E-state index in [1.54, 1.807) is 22.8 Å². The highest BCUT2D eigenvalue weighted by atomic mass is 16.2. The molecule has 1 fully saturated rings. The molecule has 1 aliphatic rings. The van der Waals surface area contributed by atoms with Crippen LogP contribution in [0.4, 0.5) is 0 Å². The number of nitrogens with two attached hydrogens (primary N) is 1. The van der Waals surface area contributed by atoms with E-state index in [9.17, 15) is 9.59 Å². The zero-order valence-electron chi connectivity index (χ0n) is 9.69. The number of nitrogens with zero attached hydrogens (tertiary/aromatic N) is 2. The van der Waals surface area contributed by atoms with Gasteiger partial charge in [-0.1, -0.05) is 6.08 Å². The van der Waals surface area contributed by atoms with Gasteiger partial charge in [0, 0.05) is 33.1 Å². The molecular weight excluding hydrogens is 206 g/mol. The molecule has 5 nitrogen and oxygen atoms in total. The monoisotopic (exact) mass is 225 g/mol. The van der Waals surface area contributed by atoms with Crippen molar-refractivity contribution in [3.63, 3.8) is 0 Å². The van der Waals surface area contributed by atoms with Crippen LogP contribution in [0.1, 0.15) is 13.3 Å². The summed E-state index contributed by atoms with van der Waals surface area (Å²) in [6, 6.07) is -0.499. The summed E-state index contributed by atoms with van der Waals surface area (Å²) in [7, 11) is 0. The van der Waals surface area contributed by atoms with Gasteiger partial charge in [-0.15, -0.1) is 6.58 Å². The van der Waals surface area contributed by atoms with Crippen molar-refractivity contribution >= 4 is 11.8 Å². The van der Waals surface area contributed by atoms with E-state index in [-0.39, 0.29) is 11.8 Å². The van der Waals surface area contributed by atoms with E-state index >= 15 is 0 Å². The average molecular weight is 225 g/mol. The van der Waals surface area contributed by atoms with Gasteiger partial charge in [0.15, 0.2) is 0 Å². The Kier molecular flexibility index (Phi) is 4.49. The summed E-state index contributed by atoms with van der Waals surface area (Å²) in [4.78, 5) is 26.4. The van der Waals surface area contributed by atoms with Gasteiger partial charge < -0.3 is 15.5 Å². The number of carbonyl (C=O) groups excluding carboxylic acids is 2. The second kappa shape index (κ2) is 5.65. The van der Waals surface area contributed by atoms with E-state index in [0.29, 0.717) is 32.6 Å². The molecule has 1 unspecified atom stereocenters. The van der Waals surface area contributed by atoms with Crippen LogP contribution in [0.2, 0.25) is 0 Å². The molecule has 0 bridgehead atoms. The summed E-state index contributed by atoms with van der Waals surface area (Å²) in [6.45, 7) is 7.45. The third-order valence-corrected chi connectivity index (χ3v) is 2.77. The number of amides is 2. The summed E-state index contributed by atoms with van der Waals surface area (Å²) in [6.07, 6.45) is 2.14. The van der Waals surface area contributed by atoms with Crippen molar-refractivity contribution in [3.05, 3.63) is 12.7 Å². The van der Waals surface area contributed by atoms with Gasteiger partial charge in [-0.05, 0) is 6.42 Å². The van der Waals surface area contributed by atoms with Gasteiger partial charge in [-0.3, -0.25) is 9.59 Å². The fraction of sp³-hybridized carbons (Fsp3) is 0.636. The lowest BCUT2D eigenvalue weighted by Crippen LogP contribution is -2.53. The van der Waals surface area contributed by atoms with E-state index in [4.69, 9.17) is 5.73 Å². The highest BCUT2D eigenvalue weighted by Crippen LogP contribution is 2.05. The number of hydrogen-bond donors (Lipinski definition) is 1. The predicted octanol–water partition coefficient (Wildman–Crippen LogP) is -0.419. The van der Waals surface area contributed by atoms with Crippen LogP contribution in [0.5, 0.6) is 0 Å². The van der Waals surface area contributed by atoms with Crippen LogP contribution >= 0.6 is 0 Å².